The molecule has 0 spiro atoms. The number of hydrogen-bond acceptors (Lipinski definition) is 2. The Morgan fingerprint density at radius 1 is 0.933 bits per heavy atom. The molecule has 0 bridgehead atoms. The van der Waals surface area contributed by atoms with Crippen LogP contribution in [0.5, 0.6) is 0 Å². The maximum atomic E-state index is 3.99. The van der Waals surface area contributed by atoms with E-state index in [0.717, 1.165) is 0 Å². The van der Waals surface area contributed by atoms with Crippen molar-refractivity contribution < 1.29 is 0 Å². The van der Waals surface area contributed by atoms with E-state index in [0.29, 0.717) is 0 Å². The molecule has 2 aromatic rings. The molecule has 0 saturated carbocycles. The standard InChI is InChI=1S/C6H12N2Si.C4H6N2/c1-9(2,3)8-5-4-7-6-8;1-6-3-2-5-4-6/h4-6H,1-3H3;2-4H,1H3. The summed E-state index contributed by atoms with van der Waals surface area (Å²) in [5, 5.41) is 0. The normalized spacial score (nSPS) is 10.7. The van der Waals surface area contributed by atoms with E-state index in [2.05, 4.69) is 33.8 Å². The first kappa shape index (κ1) is 11.7. The number of hydrogen-bond donors (Lipinski definition) is 0. The van der Waals surface area contributed by atoms with Crippen molar-refractivity contribution in [1.82, 2.24) is 18.8 Å². The summed E-state index contributed by atoms with van der Waals surface area (Å²) in [5.41, 5.74) is 0. The van der Waals surface area contributed by atoms with Crippen molar-refractivity contribution in [2.24, 2.45) is 7.05 Å². The minimum Gasteiger partial charge on any atom is -0.365 e. The molecular formula is C10H18N4Si. The van der Waals surface area contributed by atoms with E-state index in [4.69, 9.17) is 0 Å². The van der Waals surface area contributed by atoms with Crippen LogP contribution in [0.15, 0.2) is 37.4 Å². The summed E-state index contributed by atoms with van der Waals surface area (Å²) in [7, 11) is 0.811. The minimum absolute atomic E-state index is 1.13. The molecule has 0 fully saturated rings. The van der Waals surface area contributed by atoms with Gasteiger partial charge in [0.05, 0.1) is 12.7 Å². The first-order chi connectivity index (χ1) is 7.00. The van der Waals surface area contributed by atoms with E-state index < -0.39 is 8.24 Å². The van der Waals surface area contributed by atoms with Crippen molar-refractivity contribution in [2.75, 3.05) is 0 Å². The first-order valence-electron chi connectivity index (χ1n) is 4.90. The van der Waals surface area contributed by atoms with Crippen LogP contribution in [0.25, 0.3) is 0 Å². The summed E-state index contributed by atoms with van der Waals surface area (Å²) in [6.45, 7) is 6.86. The highest BCUT2D eigenvalue weighted by Gasteiger charge is 2.13. The molecule has 0 atom stereocenters. The van der Waals surface area contributed by atoms with Gasteiger partial charge in [-0.05, 0) is 0 Å². The van der Waals surface area contributed by atoms with Crippen LogP contribution in [-0.2, 0) is 7.05 Å². The summed E-state index contributed by atoms with van der Waals surface area (Å²) in [5.74, 6) is 0. The lowest BCUT2D eigenvalue weighted by Gasteiger charge is -2.16. The van der Waals surface area contributed by atoms with Crippen LogP contribution >= 0.6 is 0 Å². The van der Waals surface area contributed by atoms with Crippen LogP contribution in [0.3, 0.4) is 0 Å². The van der Waals surface area contributed by atoms with Crippen LogP contribution in [0, 0.1) is 0 Å². The molecule has 0 aliphatic carbocycles. The fraction of sp³-hybridized carbons (Fsp3) is 0.400. The van der Waals surface area contributed by atoms with Gasteiger partial charge in [-0.15, -0.1) is 0 Å². The maximum absolute atomic E-state index is 3.99. The molecule has 0 amide bonds. The average Bonchev–Trinajstić information content (AvgIpc) is 2.73. The molecule has 0 aliphatic heterocycles. The molecule has 2 aromatic heterocycles. The number of aromatic nitrogens is 4. The van der Waals surface area contributed by atoms with E-state index in [-0.39, 0.29) is 0 Å². The van der Waals surface area contributed by atoms with Gasteiger partial charge in [-0.25, -0.2) is 9.97 Å². The van der Waals surface area contributed by atoms with E-state index in [1.807, 2.05) is 36.5 Å². The van der Waals surface area contributed by atoms with Gasteiger partial charge in [0.15, 0.2) is 8.24 Å². The summed E-state index contributed by atoms with van der Waals surface area (Å²) >= 11 is 0. The zero-order valence-electron chi connectivity index (χ0n) is 9.75. The van der Waals surface area contributed by atoms with Gasteiger partial charge < -0.3 is 8.80 Å². The topological polar surface area (TPSA) is 35.6 Å². The molecule has 4 nitrogen and oxygen atoms in total. The van der Waals surface area contributed by atoms with Gasteiger partial charge in [-0.3, -0.25) is 0 Å². The summed E-state index contributed by atoms with van der Waals surface area (Å²) in [6.07, 6.45) is 11.1. The number of imidazole rings is 2. The second-order valence-electron chi connectivity index (χ2n) is 4.37. The monoisotopic (exact) mass is 222 g/mol. The molecule has 5 heteroatoms. The maximum Gasteiger partial charge on any atom is 0.154 e. The molecule has 2 heterocycles. The molecule has 0 N–H and O–H groups in total. The third-order valence-corrected chi connectivity index (χ3v) is 3.73. The molecule has 0 aliphatic rings. The highest BCUT2D eigenvalue weighted by molar-refractivity contribution is 6.74. The third-order valence-electron chi connectivity index (χ3n) is 1.92. The minimum atomic E-state index is -1.13. The van der Waals surface area contributed by atoms with Crippen molar-refractivity contribution in [3.8, 4) is 0 Å². The lowest BCUT2D eigenvalue weighted by molar-refractivity contribution is 0.913. The molecule has 15 heavy (non-hydrogen) atoms. The summed E-state index contributed by atoms with van der Waals surface area (Å²) in [4.78, 5) is 7.77. The van der Waals surface area contributed by atoms with Crippen LogP contribution < -0.4 is 0 Å². The number of nitrogens with zero attached hydrogens (tertiary/aromatic N) is 4. The predicted molar refractivity (Wildman–Crippen MR) is 64.2 cm³/mol. The second kappa shape index (κ2) is 4.93. The van der Waals surface area contributed by atoms with Gasteiger partial charge in [0.2, 0.25) is 0 Å². The van der Waals surface area contributed by atoms with Crippen LogP contribution in [0.1, 0.15) is 0 Å². The highest BCUT2D eigenvalue weighted by Crippen LogP contribution is 2.03. The highest BCUT2D eigenvalue weighted by atomic mass is 28.3. The van der Waals surface area contributed by atoms with Gasteiger partial charge in [-0.2, -0.15) is 0 Å². The Morgan fingerprint density at radius 3 is 1.73 bits per heavy atom. The Morgan fingerprint density at radius 2 is 1.53 bits per heavy atom. The Hall–Kier alpha value is -1.36. The zero-order chi connectivity index (χ0) is 11.3. The Labute approximate surface area is 91.7 Å². The van der Waals surface area contributed by atoms with Crippen LogP contribution in [0.4, 0.5) is 0 Å². The first-order valence-corrected chi connectivity index (χ1v) is 8.35. The lowest BCUT2D eigenvalue weighted by atomic mass is 10.9. The van der Waals surface area contributed by atoms with E-state index in [9.17, 15) is 0 Å². The summed E-state index contributed by atoms with van der Waals surface area (Å²) in [6, 6.07) is 0. The SMILES string of the molecule is C[Si](C)(C)n1ccnc1.Cn1ccnc1. The van der Waals surface area contributed by atoms with Crippen LogP contribution in [-0.4, -0.2) is 27.0 Å². The molecule has 0 radical (unpaired) electrons. The predicted octanol–water partition coefficient (Wildman–Crippen LogP) is 1.99. The Kier molecular flexibility index (Phi) is 3.85. The van der Waals surface area contributed by atoms with Crippen molar-refractivity contribution >= 4 is 8.24 Å². The molecule has 2 rings (SSSR count). The lowest BCUT2D eigenvalue weighted by Crippen LogP contribution is -2.30. The van der Waals surface area contributed by atoms with E-state index in [1.54, 1.807) is 12.5 Å². The van der Waals surface area contributed by atoms with Gasteiger partial charge in [0.1, 0.15) is 0 Å². The van der Waals surface area contributed by atoms with Crippen molar-refractivity contribution in [1.29, 1.82) is 0 Å². The van der Waals surface area contributed by atoms with E-state index in [1.165, 1.54) is 0 Å². The zero-order valence-corrected chi connectivity index (χ0v) is 10.8. The van der Waals surface area contributed by atoms with Gasteiger partial charge in [0.25, 0.3) is 0 Å². The molecule has 0 saturated heterocycles. The van der Waals surface area contributed by atoms with Crippen molar-refractivity contribution in [3.05, 3.63) is 37.4 Å². The quantitative estimate of drug-likeness (QED) is 0.692. The molecular weight excluding hydrogens is 204 g/mol. The third kappa shape index (κ3) is 4.12. The van der Waals surface area contributed by atoms with E-state index >= 15 is 0 Å². The summed E-state index contributed by atoms with van der Waals surface area (Å²) < 4.78 is 4.10. The van der Waals surface area contributed by atoms with Crippen molar-refractivity contribution in [2.45, 2.75) is 19.6 Å². The molecule has 0 aromatic carbocycles. The Balaban J connectivity index is 0.000000162. The fourth-order valence-corrected chi connectivity index (χ4v) is 1.91. The number of rotatable bonds is 1. The van der Waals surface area contributed by atoms with Gasteiger partial charge in [-0.1, -0.05) is 19.6 Å². The van der Waals surface area contributed by atoms with Gasteiger partial charge in [0, 0.05) is 31.8 Å². The molecule has 0 unspecified atom stereocenters. The Bertz CT molecular complexity index is 359. The van der Waals surface area contributed by atoms with Gasteiger partial charge >= 0.3 is 0 Å². The smallest absolute Gasteiger partial charge is 0.154 e. The second-order valence-corrected chi connectivity index (χ2v) is 9.23. The van der Waals surface area contributed by atoms with Crippen LogP contribution in [0.2, 0.25) is 19.6 Å². The largest absolute Gasteiger partial charge is 0.365 e. The molecule has 82 valence electrons. The number of aryl methyl sites for hydroxylation is 1. The van der Waals surface area contributed by atoms with Crippen molar-refractivity contribution in [3.63, 3.8) is 0 Å². The average molecular weight is 222 g/mol. The fourth-order valence-electron chi connectivity index (χ4n) is 0.982.